The quantitative estimate of drug-likeness (QED) is 0.716. The molecule has 0 aliphatic heterocycles. The lowest BCUT2D eigenvalue weighted by molar-refractivity contribution is 0.477. The van der Waals surface area contributed by atoms with E-state index in [0.717, 1.165) is 17.4 Å². The molecule has 0 aromatic heterocycles. The fourth-order valence-electron chi connectivity index (χ4n) is 1.34. The topological polar surface area (TPSA) is 64.2 Å². The monoisotopic (exact) mass is 213 g/mol. The van der Waals surface area contributed by atoms with Gasteiger partial charge in [-0.1, -0.05) is 48.5 Å². The largest absolute Gasteiger partial charge is 0.507 e. The SMILES string of the molecule is N#CO.Oc1ccccc1-c1ccccc1. The van der Waals surface area contributed by atoms with Gasteiger partial charge in [0.15, 0.2) is 0 Å². The van der Waals surface area contributed by atoms with Crippen molar-refractivity contribution in [3.8, 4) is 23.1 Å². The molecule has 0 saturated heterocycles. The Kier molecular flexibility index (Phi) is 4.42. The molecular formula is C13H11NO2. The fourth-order valence-corrected chi connectivity index (χ4v) is 1.34. The minimum Gasteiger partial charge on any atom is -0.507 e. The summed E-state index contributed by atoms with van der Waals surface area (Å²) >= 11 is 0. The number of aliphatic hydroxyl groups excluding tert-OH is 1. The molecule has 16 heavy (non-hydrogen) atoms. The van der Waals surface area contributed by atoms with E-state index in [1.54, 1.807) is 6.07 Å². The first-order valence-corrected chi connectivity index (χ1v) is 4.66. The van der Waals surface area contributed by atoms with Crippen LogP contribution < -0.4 is 0 Å². The highest BCUT2D eigenvalue weighted by molar-refractivity contribution is 5.69. The van der Waals surface area contributed by atoms with E-state index >= 15 is 0 Å². The van der Waals surface area contributed by atoms with Gasteiger partial charge in [0.05, 0.1) is 0 Å². The zero-order chi connectivity index (χ0) is 11.8. The number of nitrogens with zero attached hydrogens (tertiary/aromatic N) is 1. The minimum absolute atomic E-state index is 0.328. The van der Waals surface area contributed by atoms with E-state index in [0.29, 0.717) is 5.75 Å². The van der Waals surface area contributed by atoms with Gasteiger partial charge >= 0.3 is 0 Å². The summed E-state index contributed by atoms with van der Waals surface area (Å²) in [6.07, 6.45) is 0.750. The molecule has 2 rings (SSSR count). The van der Waals surface area contributed by atoms with E-state index < -0.39 is 0 Å². The average molecular weight is 213 g/mol. The zero-order valence-corrected chi connectivity index (χ0v) is 8.54. The van der Waals surface area contributed by atoms with Gasteiger partial charge in [-0.05, 0) is 11.6 Å². The normalized spacial score (nSPS) is 8.44. The molecule has 3 heteroatoms. The van der Waals surface area contributed by atoms with Crippen LogP contribution in [0.1, 0.15) is 0 Å². The molecule has 0 spiro atoms. The lowest BCUT2D eigenvalue weighted by Crippen LogP contribution is -1.76. The number of nitriles is 1. The highest BCUT2D eigenvalue weighted by Crippen LogP contribution is 2.27. The highest BCUT2D eigenvalue weighted by atomic mass is 16.3. The van der Waals surface area contributed by atoms with Crippen LogP contribution in [-0.2, 0) is 0 Å². The number of phenolic OH excluding ortho intramolecular Hbond substituents is 1. The molecule has 0 unspecified atom stereocenters. The first kappa shape index (κ1) is 11.6. The van der Waals surface area contributed by atoms with Crippen LogP contribution >= 0.6 is 0 Å². The Bertz CT molecular complexity index is 475. The van der Waals surface area contributed by atoms with E-state index in [2.05, 4.69) is 0 Å². The third kappa shape index (κ3) is 3.03. The molecule has 0 aliphatic rings. The number of benzene rings is 2. The Hall–Kier alpha value is -2.47. The summed E-state index contributed by atoms with van der Waals surface area (Å²) in [5.74, 6) is 0.328. The van der Waals surface area contributed by atoms with E-state index in [9.17, 15) is 5.11 Å². The lowest BCUT2D eigenvalue weighted by Gasteiger charge is -2.02. The lowest BCUT2D eigenvalue weighted by atomic mass is 10.1. The third-order valence-electron chi connectivity index (χ3n) is 1.99. The third-order valence-corrected chi connectivity index (χ3v) is 1.99. The van der Waals surface area contributed by atoms with Crippen molar-refractivity contribution in [1.82, 2.24) is 0 Å². The van der Waals surface area contributed by atoms with Gasteiger partial charge in [-0.2, -0.15) is 5.26 Å². The van der Waals surface area contributed by atoms with Gasteiger partial charge in [-0.15, -0.1) is 0 Å². The molecule has 3 nitrogen and oxygen atoms in total. The highest BCUT2D eigenvalue weighted by Gasteiger charge is 2.00. The Morgan fingerprint density at radius 3 is 1.94 bits per heavy atom. The maximum absolute atomic E-state index is 9.56. The molecule has 2 N–H and O–H groups in total. The number of hydrogen-bond donors (Lipinski definition) is 2. The van der Waals surface area contributed by atoms with Crippen molar-refractivity contribution in [3.05, 3.63) is 54.6 Å². The van der Waals surface area contributed by atoms with Crippen LogP contribution in [0.3, 0.4) is 0 Å². The summed E-state index contributed by atoms with van der Waals surface area (Å²) in [6.45, 7) is 0. The second-order valence-electron chi connectivity index (χ2n) is 2.98. The second kappa shape index (κ2) is 6.10. The number of hydrogen-bond acceptors (Lipinski definition) is 3. The van der Waals surface area contributed by atoms with Crippen LogP contribution in [0, 0.1) is 11.5 Å². The van der Waals surface area contributed by atoms with E-state index in [4.69, 9.17) is 10.4 Å². The standard InChI is InChI=1S/C12H10O.CHNO/c13-12-9-5-4-8-11(12)10-6-2-1-3-7-10;2-1-3/h1-9,13H;3H. The first-order valence-electron chi connectivity index (χ1n) is 4.66. The van der Waals surface area contributed by atoms with Crippen molar-refractivity contribution in [3.63, 3.8) is 0 Å². The molecule has 2 aromatic rings. The van der Waals surface area contributed by atoms with Crippen LogP contribution in [0.15, 0.2) is 54.6 Å². The smallest absolute Gasteiger partial charge is 0.283 e. The number of para-hydroxylation sites is 1. The van der Waals surface area contributed by atoms with E-state index in [1.165, 1.54) is 0 Å². The van der Waals surface area contributed by atoms with Crippen molar-refractivity contribution >= 4 is 0 Å². The predicted octanol–water partition coefficient (Wildman–Crippen LogP) is 2.90. The Morgan fingerprint density at radius 2 is 1.38 bits per heavy atom. The summed E-state index contributed by atoms with van der Waals surface area (Å²) in [5, 5.41) is 23.3. The molecule has 0 fully saturated rings. The van der Waals surface area contributed by atoms with Gasteiger partial charge in [0.1, 0.15) is 5.75 Å². The first-order chi connectivity index (χ1) is 7.79. The van der Waals surface area contributed by atoms with Crippen LogP contribution in [0.5, 0.6) is 5.75 Å². The molecule has 2 aromatic carbocycles. The number of phenols is 1. The van der Waals surface area contributed by atoms with Gasteiger partial charge in [0, 0.05) is 5.56 Å². The summed E-state index contributed by atoms with van der Waals surface area (Å²) in [6, 6.07) is 17.2. The fraction of sp³-hybridized carbons (Fsp3) is 0. The summed E-state index contributed by atoms with van der Waals surface area (Å²) in [4.78, 5) is 0. The van der Waals surface area contributed by atoms with E-state index in [1.807, 2.05) is 48.5 Å². The number of aliphatic hydroxyl groups is 1. The Balaban J connectivity index is 0.000000386. The van der Waals surface area contributed by atoms with Crippen LogP contribution in [0.4, 0.5) is 0 Å². The van der Waals surface area contributed by atoms with Gasteiger partial charge in [-0.3, -0.25) is 0 Å². The van der Waals surface area contributed by atoms with Crippen LogP contribution in [0.2, 0.25) is 0 Å². The molecule has 0 aliphatic carbocycles. The molecule has 0 heterocycles. The van der Waals surface area contributed by atoms with Crippen molar-refractivity contribution in [1.29, 1.82) is 5.26 Å². The summed E-state index contributed by atoms with van der Waals surface area (Å²) in [7, 11) is 0. The van der Waals surface area contributed by atoms with Gasteiger partial charge in [0.2, 0.25) is 0 Å². The van der Waals surface area contributed by atoms with Gasteiger partial charge < -0.3 is 10.2 Å². The molecule has 0 radical (unpaired) electrons. The predicted molar refractivity (Wildman–Crippen MR) is 61.1 cm³/mol. The average Bonchev–Trinajstić information content (AvgIpc) is 2.32. The van der Waals surface area contributed by atoms with Crippen molar-refractivity contribution in [2.45, 2.75) is 0 Å². The molecule has 80 valence electrons. The van der Waals surface area contributed by atoms with Gasteiger partial charge in [0.25, 0.3) is 6.26 Å². The number of aromatic hydroxyl groups is 1. The second-order valence-corrected chi connectivity index (χ2v) is 2.98. The number of rotatable bonds is 1. The van der Waals surface area contributed by atoms with Gasteiger partial charge in [-0.25, -0.2) is 0 Å². The van der Waals surface area contributed by atoms with Crippen molar-refractivity contribution in [2.75, 3.05) is 0 Å². The molecule has 0 saturated carbocycles. The minimum atomic E-state index is 0.328. The molecule has 0 bridgehead atoms. The molecule has 0 amide bonds. The van der Waals surface area contributed by atoms with Crippen LogP contribution in [0.25, 0.3) is 11.1 Å². The van der Waals surface area contributed by atoms with Crippen molar-refractivity contribution in [2.24, 2.45) is 0 Å². The Labute approximate surface area is 93.8 Å². The summed E-state index contributed by atoms with van der Waals surface area (Å²) < 4.78 is 0. The maximum atomic E-state index is 9.56. The molecular weight excluding hydrogens is 202 g/mol. The van der Waals surface area contributed by atoms with Crippen LogP contribution in [-0.4, -0.2) is 10.2 Å². The maximum Gasteiger partial charge on any atom is 0.283 e. The zero-order valence-electron chi connectivity index (χ0n) is 8.54. The summed E-state index contributed by atoms with van der Waals surface area (Å²) in [5.41, 5.74) is 1.92. The van der Waals surface area contributed by atoms with Crippen molar-refractivity contribution < 1.29 is 10.2 Å². The Morgan fingerprint density at radius 1 is 0.875 bits per heavy atom. The van der Waals surface area contributed by atoms with E-state index in [-0.39, 0.29) is 0 Å². The molecule has 0 atom stereocenters.